The van der Waals surface area contributed by atoms with E-state index in [1.54, 1.807) is 49.1 Å². The third kappa shape index (κ3) is 13.1. The Kier molecular flexibility index (Phi) is 15.3. The normalized spacial score (nSPS) is 33.4. The number of carbonyl (C=O) groups is 2. The summed E-state index contributed by atoms with van der Waals surface area (Å²) in [7, 11) is 4.07. The van der Waals surface area contributed by atoms with Gasteiger partial charge in [-0.3, -0.25) is 9.69 Å². The number of cyclic esters (lactones) is 1. The standard InChI is InChI=1S/C37H63N3O9/c1-9-29(42)27(4)34-30(47-34)24-36(5,45)15-10-11-25(2)33-26(3)12-13-31(37(6,46)16-14-28(41)23-32(43)49-33)48-35(44)40-21-19-39(20-22-40)18-17-38(7)8/h10-13,15,26-31,33-34,41-42,45-46H,9,14,16-24H2,1-8H3. The second kappa shape index (κ2) is 18.3. The number of rotatable bonds is 12. The van der Waals surface area contributed by atoms with E-state index in [9.17, 15) is 30.0 Å². The first kappa shape index (κ1) is 41.1. The Labute approximate surface area is 293 Å². The molecule has 10 atom stereocenters. The number of hydrogen-bond donors (Lipinski definition) is 4. The number of carbonyl (C=O) groups excluding carboxylic acids is 2. The predicted molar refractivity (Wildman–Crippen MR) is 188 cm³/mol. The molecule has 0 aromatic carbocycles. The Morgan fingerprint density at radius 3 is 2.55 bits per heavy atom. The molecule has 0 radical (unpaired) electrons. The summed E-state index contributed by atoms with van der Waals surface area (Å²) in [6.45, 7) is 15.2. The summed E-state index contributed by atoms with van der Waals surface area (Å²) in [5.74, 6) is -0.953. The van der Waals surface area contributed by atoms with Crippen molar-refractivity contribution in [2.75, 3.05) is 53.4 Å². The van der Waals surface area contributed by atoms with Gasteiger partial charge in [-0.05, 0) is 65.8 Å². The van der Waals surface area contributed by atoms with Crippen LogP contribution in [0.3, 0.4) is 0 Å². The molecule has 12 nitrogen and oxygen atoms in total. The van der Waals surface area contributed by atoms with E-state index in [4.69, 9.17) is 14.2 Å². The van der Waals surface area contributed by atoms with Crippen LogP contribution in [0, 0.1) is 11.8 Å². The van der Waals surface area contributed by atoms with E-state index in [1.165, 1.54) is 0 Å². The van der Waals surface area contributed by atoms with E-state index in [1.807, 2.05) is 41.8 Å². The molecule has 4 N–H and O–H groups in total. The lowest BCUT2D eigenvalue weighted by Gasteiger charge is -2.37. The van der Waals surface area contributed by atoms with Crippen molar-refractivity contribution in [2.24, 2.45) is 11.8 Å². The number of esters is 1. The monoisotopic (exact) mass is 693 g/mol. The van der Waals surface area contributed by atoms with Crippen molar-refractivity contribution in [1.82, 2.24) is 14.7 Å². The predicted octanol–water partition coefficient (Wildman–Crippen LogP) is 2.89. The zero-order chi connectivity index (χ0) is 36.5. The molecular formula is C37H63N3O9. The van der Waals surface area contributed by atoms with Gasteiger partial charge in [0.15, 0.2) is 6.10 Å². The minimum atomic E-state index is -1.49. The van der Waals surface area contributed by atoms with Gasteiger partial charge in [0.25, 0.3) is 0 Å². The van der Waals surface area contributed by atoms with Crippen LogP contribution in [0.25, 0.3) is 0 Å². The molecule has 3 rings (SSSR count). The molecule has 0 bridgehead atoms. The third-order valence-electron chi connectivity index (χ3n) is 10.1. The second-order valence-corrected chi connectivity index (χ2v) is 15.1. The average Bonchev–Trinajstić information content (AvgIpc) is 3.80. The second-order valence-electron chi connectivity index (χ2n) is 15.1. The van der Waals surface area contributed by atoms with Crippen molar-refractivity contribution < 1.29 is 44.2 Å². The van der Waals surface area contributed by atoms with Crippen LogP contribution in [-0.2, 0) is 19.0 Å². The Bertz CT molecular complexity index is 1160. The summed E-state index contributed by atoms with van der Waals surface area (Å²) in [5, 5.41) is 43.3. The summed E-state index contributed by atoms with van der Waals surface area (Å²) >= 11 is 0. The van der Waals surface area contributed by atoms with Gasteiger partial charge >= 0.3 is 12.1 Å². The smallest absolute Gasteiger partial charge is 0.410 e. The summed E-state index contributed by atoms with van der Waals surface area (Å²) in [6, 6.07) is 0. The molecule has 0 aromatic rings. The molecule has 10 unspecified atom stereocenters. The number of ether oxygens (including phenoxy) is 3. The number of aliphatic hydroxyl groups excluding tert-OH is 2. The number of nitrogens with zero attached hydrogens (tertiary/aromatic N) is 3. The molecular weight excluding hydrogens is 630 g/mol. The van der Waals surface area contributed by atoms with Crippen molar-refractivity contribution in [3.8, 4) is 0 Å². The largest absolute Gasteiger partial charge is 0.457 e. The van der Waals surface area contributed by atoms with Gasteiger partial charge in [0.1, 0.15) is 11.7 Å². The minimum Gasteiger partial charge on any atom is -0.457 e. The minimum absolute atomic E-state index is 0.0126. The highest BCUT2D eigenvalue weighted by Crippen LogP contribution is 2.37. The van der Waals surface area contributed by atoms with Crippen molar-refractivity contribution >= 4 is 12.1 Å². The fourth-order valence-corrected chi connectivity index (χ4v) is 6.48. The topological polar surface area (TPSA) is 156 Å². The van der Waals surface area contributed by atoms with Gasteiger partial charge < -0.3 is 44.4 Å². The SMILES string of the molecule is CCC(O)C(C)C1OC1CC(C)(O)C=CC=C(C)C1OC(=O)CC(O)CCC(C)(O)C(OC(=O)N2CCN(CCN(C)C)CC2)C=CC1C. The van der Waals surface area contributed by atoms with E-state index in [2.05, 4.69) is 9.80 Å². The molecule has 0 saturated carbocycles. The molecule has 280 valence electrons. The van der Waals surface area contributed by atoms with Crippen LogP contribution in [0.5, 0.6) is 0 Å². The molecule has 49 heavy (non-hydrogen) atoms. The maximum Gasteiger partial charge on any atom is 0.410 e. The number of hydrogen-bond acceptors (Lipinski definition) is 11. The molecule has 2 fully saturated rings. The van der Waals surface area contributed by atoms with E-state index < -0.39 is 47.7 Å². The Hall–Kier alpha value is -2.32. The highest BCUT2D eigenvalue weighted by molar-refractivity contribution is 5.70. The molecule has 12 heteroatoms. The molecule has 0 spiro atoms. The highest BCUT2D eigenvalue weighted by atomic mass is 16.6. The Morgan fingerprint density at radius 2 is 1.92 bits per heavy atom. The lowest BCUT2D eigenvalue weighted by molar-refractivity contribution is -0.151. The lowest BCUT2D eigenvalue weighted by Crippen LogP contribution is -2.52. The first-order valence-electron chi connectivity index (χ1n) is 17.9. The van der Waals surface area contributed by atoms with Gasteiger partial charge in [-0.15, -0.1) is 0 Å². The van der Waals surface area contributed by atoms with Crippen LogP contribution in [0.15, 0.2) is 36.0 Å². The number of amides is 1. The van der Waals surface area contributed by atoms with E-state index in [0.29, 0.717) is 31.5 Å². The first-order valence-corrected chi connectivity index (χ1v) is 17.9. The van der Waals surface area contributed by atoms with Crippen molar-refractivity contribution in [3.05, 3.63) is 36.0 Å². The van der Waals surface area contributed by atoms with E-state index in [0.717, 1.165) is 26.2 Å². The molecule has 1 amide bonds. The van der Waals surface area contributed by atoms with Crippen LogP contribution in [0.4, 0.5) is 4.79 Å². The fraction of sp³-hybridized carbons (Fsp3) is 0.784. The first-order chi connectivity index (χ1) is 22.9. The number of epoxide rings is 1. The summed E-state index contributed by atoms with van der Waals surface area (Å²) in [4.78, 5) is 32.2. The van der Waals surface area contributed by atoms with Gasteiger partial charge in [0, 0.05) is 57.5 Å². The zero-order valence-electron chi connectivity index (χ0n) is 31.0. The average molecular weight is 694 g/mol. The van der Waals surface area contributed by atoms with Gasteiger partial charge in [-0.2, -0.15) is 0 Å². The van der Waals surface area contributed by atoms with E-state index in [-0.39, 0.29) is 43.3 Å². The zero-order valence-corrected chi connectivity index (χ0v) is 31.0. The van der Waals surface area contributed by atoms with Crippen molar-refractivity contribution in [3.63, 3.8) is 0 Å². The quantitative estimate of drug-likeness (QED) is 0.103. The molecule has 0 aliphatic carbocycles. The number of likely N-dealkylation sites (N-methyl/N-ethyl adjacent to an activating group) is 1. The highest BCUT2D eigenvalue weighted by Gasteiger charge is 2.47. The number of aliphatic hydroxyl groups is 4. The molecule has 3 aliphatic rings. The maximum atomic E-state index is 13.3. The third-order valence-corrected chi connectivity index (χ3v) is 10.1. The summed E-state index contributed by atoms with van der Waals surface area (Å²) in [5.41, 5.74) is -1.95. The summed E-state index contributed by atoms with van der Waals surface area (Å²) in [6.07, 6.45) is 5.70. The van der Waals surface area contributed by atoms with Crippen LogP contribution >= 0.6 is 0 Å². The van der Waals surface area contributed by atoms with Gasteiger partial charge in [-0.1, -0.05) is 45.1 Å². The molecule has 3 heterocycles. The van der Waals surface area contributed by atoms with Gasteiger partial charge in [-0.25, -0.2) is 4.79 Å². The Balaban J connectivity index is 1.71. The lowest BCUT2D eigenvalue weighted by atomic mass is 9.88. The fourth-order valence-electron chi connectivity index (χ4n) is 6.48. The molecule has 0 aromatic heterocycles. The van der Waals surface area contributed by atoms with Crippen LogP contribution in [0.1, 0.15) is 73.6 Å². The summed E-state index contributed by atoms with van der Waals surface area (Å²) < 4.78 is 17.5. The van der Waals surface area contributed by atoms with Crippen molar-refractivity contribution in [2.45, 2.75) is 121 Å². The molecule has 3 aliphatic heterocycles. The number of allylic oxidation sites excluding steroid dienone is 2. The maximum absolute atomic E-state index is 13.3. The van der Waals surface area contributed by atoms with Crippen LogP contribution < -0.4 is 0 Å². The Morgan fingerprint density at radius 1 is 1.24 bits per heavy atom. The van der Waals surface area contributed by atoms with E-state index >= 15 is 0 Å². The van der Waals surface area contributed by atoms with Crippen molar-refractivity contribution in [1.29, 1.82) is 0 Å². The van der Waals surface area contributed by atoms with Crippen LogP contribution in [0.2, 0.25) is 0 Å². The van der Waals surface area contributed by atoms with Crippen LogP contribution in [-0.4, -0.2) is 148 Å². The van der Waals surface area contributed by atoms with Gasteiger partial charge in [0.05, 0.1) is 36.4 Å². The number of piperazine rings is 1. The van der Waals surface area contributed by atoms with Gasteiger partial charge in [0.2, 0.25) is 0 Å². The molecule has 2 saturated heterocycles.